The van der Waals surface area contributed by atoms with Gasteiger partial charge in [0.1, 0.15) is 5.82 Å². The molecule has 2 rings (SSSR count). The quantitative estimate of drug-likeness (QED) is 0.767. The lowest BCUT2D eigenvalue weighted by atomic mass is 10.0. The minimum Gasteiger partial charge on any atom is -0.317 e. The van der Waals surface area contributed by atoms with E-state index in [0.717, 1.165) is 44.1 Å². The van der Waals surface area contributed by atoms with E-state index in [-0.39, 0.29) is 0 Å². The van der Waals surface area contributed by atoms with Crippen molar-refractivity contribution in [2.45, 2.75) is 59.3 Å². The van der Waals surface area contributed by atoms with E-state index in [1.807, 2.05) is 0 Å². The fourth-order valence-electron chi connectivity index (χ4n) is 2.71. The predicted octanol–water partition coefficient (Wildman–Crippen LogP) is 2.88. The number of likely N-dealkylation sites (N-methyl/N-ethyl adjacent to an activating group) is 1. The van der Waals surface area contributed by atoms with Crippen LogP contribution in [0.3, 0.4) is 0 Å². The first kappa shape index (κ1) is 14.4. The van der Waals surface area contributed by atoms with E-state index in [1.54, 1.807) is 0 Å². The lowest BCUT2D eigenvalue weighted by molar-refractivity contribution is 0.694. The highest BCUT2D eigenvalue weighted by atomic mass is 14.9. The van der Waals surface area contributed by atoms with Crippen molar-refractivity contribution in [3.63, 3.8) is 0 Å². The van der Waals surface area contributed by atoms with E-state index in [9.17, 15) is 0 Å². The molecule has 0 amide bonds. The SMILES string of the molecule is CCNCCc1c(CC)nc(C2CC2C)nc1CC. The lowest BCUT2D eigenvalue weighted by Gasteiger charge is -2.14. The van der Waals surface area contributed by atoms with Crippen LogP contribution in [-0.4, -0.2) is 23.1 Å². The van der Waals surface area contributed by atoms with Crippen molar-refractivity contribution in [2.24, 2.45) is 5.92 Å². The van der Waals surface area contributed by atoms with Crippen LogP contribution in [-0.2, 0) is 19.3 Å². The largest absolute Gasteiger partial charge is 0.317 e. The molecule has 1 fully saturated rings. The molecule has 0 radical (unpaired) electrons. The van der Waals surface area contributed by atoms with Crippen LogP contribution in [0.25, 0.3) is 0 Å². The molecule has 0 aliphatic heterocycles. The Bertz CT molecular complexity index is 403. The molecule has 0 saturated heterocycles. The van der Waals surface area contributed by atoms with Crippen LogP contribution < -0.4 is 5.32 Å². The molecular weight excluding hydrogens is 234 g/mol. The summed E-state index contributed by atoms with van der Waals surface area (Å²) in [5, 5.41) is 3.40. The molecule has 0 spiro atoms. The van der Waals surface area contributed by atoms with Crippen LogP contribution in [0.15, 0.2) is 0 Å². The summed E-state index contributed by atoms with van der Waals surface area (Å²) in [6.45, 7) is 10.9. The Morgan fingerprint density at radius 3 is 2.11 bits per heavy atom. The molecule has 1 aromatic rings. The molecule has 1 aromatic heterocycles. The van der Waals surface area contributed by atoms with Gasteiger partial charge in [0.2, 0.25) is 0 Å². The van der Waals surface area contributed by atoms with Crippen molar-refractivity contribution < 1.29 is 0 Å². The van der Waals surface area contributed by atoms with Gasteiger partial charge in [-0.15, -0.1) is 0 Å². The Morgan fingerprint density at radius 1 is 1.11 bits per heavy atom. The van der Waals surface area contributed by atoms with Crippen LogP contribution in [0.5, 0.6) is 0 Å². The topological polar surface area (TPSA) is 37.8 Å². The number of hydrogen-bond acceptors (Lipinski definition) is 3. The second kappa shape index (κ2) is 6.47. The van der Waals surface area contributed by atoms with Gasteiger partial charge in [-0.05, 0) is 50.3 Å². The zero-order chi connectivity index (χ0) is 13.8. The third kappa shape index (κ3) is 3.33. The number of nitrogens with zero attached hydrogens (tertiary/aromatic N) is 2. The van der Waals surface area contributed by atoms with Gasteiger partial charge in [0, 0.05) is 17.3 Å². The van der Waals surface area contributed by atoms with Gasteiger partial charge in [0.15, 0.2) is 0 Å². The number of nitrogens with one attached hydrogen (secondary N) is 1. The van der Waals surface area contributed by atoms with Crippen molar-refractivity contribution in [2.75, 3.05) is 13.1 Å². The molecule has 2 atom stereocenters. The smallest absolute Gasteiger partial charge is 0.132 e. The Morgan fingerprint density at radius 2 is 1.68 bits per heavy atom. The first-order valence-electron chi connectivity index (χ1n) is 7.80. The zero-order valence-corrected chi connectivity index (χ0v) is 12.8. The number of hydrogen-bond donors (Lipinski definition) is 1. The van der Waals surface area contributed by atoms with E-state index < -0.39 is 0 Å². The van der Waals surface area contributed by atoms with Crippen LogP contribution in [0.2, 0.25) is 0 Å². The third-order valence-electron chi connectivity index (χ3n) is 4.11. The highest BCUT2D eigenvalue weighted by molar-refractivity contribution is 5.29. The Labute approximate surface area is 117 Å². The monoisotopic (exact) mass is 261 g/mol. The molecule has 2 unspecified atom stereocenters. The highest BCUT2D eigenvalue weighted by Gasteiger charge is 2.37. The van der Waals surface area contributed by atoms with E-state index in [1.165, 1.54) is 23.4 Å². The van der Waals surface area contributed by atoms with E-state index >= 15 is 0 Å². The van der Waals surface area contributed by atoms with E-state index in [2.05, 4.69) is 33.0 Å². The van der Waals surface area contributed by atoms with E-state index in [4.69, 9.17) is 9.97 Å². The van der Waals surface area contributed by atoms with Gasteiger partial charge in [-0.3, -0.25) is 0 Å². The second-order valence-corrected chi connectivity index (χ2v) is 5.58. The number of aromatic nitrogens is 2. The van der Waals surface area contributed by atoms with Gasteiger partial charge in [-0.25, -0.2) is 9.97 Å². The van der Waals surface area contributed by atoms with Gasteiger partial charge in [-0.1, -0.05) is 27.7 Å². The molecule has 1 aliphatic rings. The maximum absolute atomic E-state index is 4.85. The van der Waals surface area contributed by atoms with Crippen molar-refractivity contribution in [3.05, 3.63) is 22.8 Å². The van der Waals surface area contributed by atoms with Crippen LogP contribution in [0, 0.1) is 5.92 Å². The summed E-state index contributed by atoms with van der Waals surface area (Å²) in [7, 11) is 0. The Balaban J connectivity index is 2.24. The Hall–Kier alpha value is -0.960. The first-order chi connectivity index (χ1) is 9.21. The predicted molar refractivity (Wildman–Crippen MR) is 79.6 cm³/mol. The van der Waals surface area contributed by atoms with Crippen LogP contribution in [0.1, 0.15) is 62.8 Å². The molecule has 1 heterocycles. The van der Waals surface area contributed by atoms with Crippen molar-refractivity contribution in [1.29, 1.82) is 0 Å². The molecule has 19 heavy (non-hydrogen) atoms. The fraction of sp³-hybridized carbons (Fsp3) is 0.750. The van der Waals surface area contributed by atoms with Crippen molar-refractivity contribution >= 4 is 0 Å². The highest BCUT2D eigenvalue weighted by Crippen LogP contribution is 2.45. The average molecular weight is 261 g/mol. The van der Waals surface area contributed by atoms with Crippen molar-refractivity contribution in [1.82, 2.24) is 15.3 Å². The molecular formula is C16H27N3. The van der Waals surface area contributed by atoms with Gasteiger partial charge < -0.3 is 5.32 Å². The molecule has 1 N–H and O–H groups in total. The van der Waals surface area contributed by atoms with E-state index in [0.29, 0.717) is 5.92 Å². The molecule has 106 valence electrons. The molecule has 1 saturated carbocycles. The van der Waals surface area contributed by atoms with Gasteiger partial charge in [0.25, 0.3) is 0 Å². The van der Waals surface area contributed by atoms with Crippen molar-refractivity contribution in [3.8, 4) is 0 Å². The van der Waals surface area contributed by atoms with Gasteiger partial charge >= 0.3 is 0 Å². The summed E-state index contributed by atoms with van der Waals surface area (Å²) in [6, 6.07) is 0. The fourth-order valence-corrected chi connectivity index (χ4v) is 2.71. The second-order valence-electron chi connectivity index (χ2n) is 5.58. The van der Waals surface area contributed by atoms with Gasteiger partial charge in [-0.2, -0.15) is 0 Å². The number of aryl methyl sites for hydroxylation is 2. The third-order valence-corrected chi connectivity index (χ3v) is 4.11. The molecule has 3 nitrogen and oxygen atoms in total. The van der Waals surface area contributed by atoms with Crippen LogP contribution >= 0.6 is 0 Å². The minimum atomic E-state index is 0.624. The molecule has 3 heteroatoms. The summed E-state index contributed by atoms with van der Waals surface area (Å²) in [4.78, 5) is 9.70. The van der Waals surface area contributed by atoms with Gasteiger partial charge in [0.05, 0.1) is 0 Å². The normalized spacial score (nSPS) is 21.7. The standard InChI is InChI=1S/C16H27N3/c1-5-14-12(8-9-17-7-3)15(6-2)19-16(18-14)13-10-11(13)4/h11,13,17H,5-10H2,1-4H3. The molecule has 1 aliphatic carbocycles. The maximum Gasteiger partial charge on any atom is 0.132 e. The lowest BCUT2D eigenvalue weighted by Crippen LogP contribution is -2.19. The zero-order valence-electron chi connectivity index (χ0n) is 12.8. The summed E-state index contributed by atoms with van der Waals surface area (Å²) in [5.74, 6) is 2.51. The van der Waals surface area contributed by atoms with Crippen LogP contribution in [0.4, 0.5) is 0 Å². The Kier molecular flexibility index (Phi) is 4.92. The minimum absolute atomic E-state index is 0.624. The number of rotatable bonds is 7. The summed E-state index contributed by atoms with van der Waals surface area (Å²) in [5.41, 5.74) is 3.95. The summed E-state index contributed by atoms with van der Waals surface area (Å²) >= 11 is 0. The maximum atomic E-state index is 4.85. The summed E-state index contributed by atoms with van der Waals surface area (Å²) < 4.78 is 0. The molecule has 0 bridgehead atoms. The average Bonchev–Trinajstić information content (AvgIpc) is 3.15. The molecule has 0 aromatic carbocycles. The first-order valence-corrected chi connectivity index (χ1v) is 7.80. The summed E-state index contributed by atoms with van der Waals surface area (Å²) in [6.07, 6.45) is 4.36.